The van der Waals surface area contributed by atoms with E-state index in [1.54, 1.807) is 6.07 Å². The van der Waals surface area contributed by atoms with E-state index in [0.717, 1.165) is 10.0 Å². The van der Waals surface area contributed by atoms with Crippen LogP contribution in [0, 0.1) is 5.82 Å². The fourth-order valence-corrected chi connectivity index (χ4v) is 1.58. The van der Waals surface area contributed by atoms with E-state index in [-0.39, 0.29) is 5.82 Å². The second kappa shape index (κ2) is 3.98. The molecule has 0 saturated carbocycles. The van der Waals surface area contributed by atoms with Gasteiger partial charge in [-0.05, 0) is 23.8 Å². The molecule has 0 aliphatic carbocycles. The summed E-state index contributed by atoms with van der Waals surface area (Å²) in [6.45, 7) is 0.384. The van der Waals surface area contributed by atoms with Crippen molar-refractivity contribution < 1.29 is 4.39 Å². The zero-order valence-electron chi connectivity index (χ0n) is 7.69. The van der Waals surface area contributed by atoms with Crippen LogP contribution < -0.4 is 5.73 Å². The summed E-state index contributed by atoms with van der Waals surface area (Å²) in [7, 11) is 0. The van der Waals surface area contributed by atoms with E-state index in [2.05, 4.69) is 26.1 Å². The first-order valence-corrected chi connectivity index (χ1v) is 5.04. The van der Waals surface area contributed by atoms with E-state index >= 15 is 0 Å². The Kier molecular flexibility index (Phi) is 2.68. The maximum Gasteiger partial charge on any atom is 0.165 e. The molecule has 2 N–H and O–H groups in total. The molecule has 0 fully saturated rings. The third-order valence-electron chi connectivity index (χ3n) is 1.87. The monoisotopic (exact) mass is 270 g/mol. The van der Waals surface area contributed by atoms with Crippen LogP contribution in [-0.2, 0) is 6.54 Å². The summed E-state index contributed by atoms with van der Waals surface area (Å²) in [5, 5.41) is 7.84. The average Bonchev–Trinajstić information content (AvgIpc) is 2.58. The molecule has 0 spiro atoms. The molecular formula is C9H8BrFN4. The molecule has 0 amide bonds. The smallest absolute Gasteiger partial charge is 0.165 e. The van der Waals surface area contributed by atoms with Crippen molar-refractivity contribution in [2.75, 3.05) is 5.73 Å². The summed E-state index contributed by atoms with van der Waals surface area (Å²) in [6.07, 6.45) is 1.45. The maximum absolute atomic E-state index is 13.0. The van der Waals surface area contributed by atoms with Crippen molar-refractivity contribution in [3.8, 4) is 0 Å². The molecule has 2 aromatic rings. The molecule has 0 unspecified atom stereocenters. The molecule has 4 nitrogen and oxygen atoms in total. The molecule has 0 aliphatic heterocycles. The molecule has 0 bridgehead atoms. The Hall–Kier alpha value is -1.43. The molecule has 0 saturated heterocycles. The molecule has 2 rings (SSSR count). The van der Waals surface area contributed by atoms with Gasteiger partial charge in [0, 0.05) is 4.47 Å². The quantitative estimate of drug-likeness (QED) is 0.906. The molecule has 78 valence electrons. The highest BCUT2D eigenvalue weighted by Crippen LogP contribution is 2.18. The van der Waals surface area contributed by atoms with Crippen molar-refractivity contribution >= 4 is 21.7 Å². The number of anilines is 1. The van der Waals surface area contributed by atoms with Gasteiger partial charge in [0.1, 0.15) is 5.82 Å². The molecule has 0 radical (unpaired) electrons. The first-order chi connectivity index (χ1) is 7.15. The lowest BCUT2D eigenvalue weighted by Crippen LogP contribution is -2.05. The first-order valence-electron chi connectivity index (χ1n) is 4.24. The summed E-state index contributed by atoms with van der Waals surface area (Å²) in [6, 6.07) is 4.47. The van der Waals surface area contributed by atoms with Crippen LogP contribution in [0.25, 0.3) is 0 Å². The van der Waals surface area contributed by atoms with Crippen LogP contribution in [0.5, 0.6) is 0 Å². The Morgan fingerprint density at radius 1 is 1.47 bits per heavy atom. The highest BCUT2D eigenvalue weighted by molar-refractivity contribution is 9.10. The molecule has 1 heterocycles. The van der Waals surface area contributed by atoms with Gasteiger partial charge in [0.2, 0.25) is 0 Å². The van der Waals surface area contributed by atoms with Gasteiger partial charge in [0.05, 0.1) is 12.7 Å². The van der Waals surface area contributed by atoms with Crippen LogP contribution in [0.4, 0.5) is 10.2 Å². The number of nitrogen functional groups attached to an aromatic ring is 1. The average molecular weight is 271 g/mol. The van der Waals surface area contributed by atoms with Crippen LogP contribution in [0.1, 0.15) is 5.56 Å². The highest BCUT2D eigenvalue weighted by Gasteiger charge is 2.04. The van der Waals surface area contributed by atoms with Crippen molar-refractivity contribution in [1.82, 2.24) is 15.0 Å². The van der Waals surface area contributed by atoms with Crippen molar-refractivity contribution in [2.24, 2.45) is 0 Å². The third-order valence-corrected chi connectivity index (χ3v) is 2.65. The summed E-state index contributed by atoms with van der Waals surface area (Å²) >= 11 is 3.33. The van der Waals surface area contributed by atoms with Crippen LogP contribution >= 0.6 is 15.9 Å². The second-order valence-electron chi connectivity index (χ2n) is 3.04. The van der Waals surface area contributed by atoms with Crippen molar-refractivity contribution in [1.29, 1.82) is 0 Å². The zero-order chi connectivity index (χ0) is 10.8. The van der Waals surface area contributed by atoms with Crippen LogP contribution in [0.3, 0.4) is 0 Å². The number of benzene rings is 1. The minimum Gasteiger partial charge on any atom is -0.381 e. The standard InChI is InChI=1S/C9H8BrFN4/c10-8-2-1-7(11)3-6(8)5-15-13-4-9(12)14-15/h1-4H,5H2,(H2,12,14). The van der Waals surface area contributed by atoms with Gasteiger partial charge in [-0.1, -0.05) is 15.9 Å². The Morgan fingerprint density at radius 3 is 2.93 bits per heavy atom. The molecule has 0 atom stereocenters. The van der Waals surface area contributed by atoms with E-state index < -0.39 is 0 Å². The van der Waals surface area contributed by atoms with Gasteiger partial charge in [-0.15, -0.1) is 5.10 Å². The number of nitrogens with two attached hydrogens (primary N) is 1. The number of nitrogens with zero attached hydrogens (tertiary/aromatic N) is 3. The summed E-state index contributed by atoms with van der Waals surface area (Å²) in [4.78, 5) is 1.41. The van der Waals surface area contributed by atoms with Gasteiger partial charge in [0.15, 0.2) is 5.82 Å². The fraction of sp³-hybridized carbons (Fsp3) is 0.111. The maximum atomic E-state index is 13.0. The minimum atomic E-state index is -0.284. The van der Waals surface area contributed by atoms with Gasteiger partial charge in [-0.2, -0.15) is 9.90 Å². The molecule has 1 aromatic carbocycles. The summed E-state index contributed by atoms with van der Waals surface area (Å²) in [5.41, 5.74) is 6.19. The van der Waals surface area contributed by atoms with Gasteiger partial charge in [-0.3, -0.25) is 0 Å². The van der Waals surface area contributed by atoms with Crippen LogP contribution in [-0.4, -0.2) is 15.0 Å². The predicted molar refractivity (Wildman–Crippen MR) is 57.6 cm³/mol. The van der Waals surface area contributed by atoms with E-state index in [1.165, 1.54) is 23.1 Å². The summed E-state index contributed by atoms with van der Waals surface area (Å²) in [5.74, 6) is 0.0656. The Bertz CT molecular complexity index is 483. The third kappa shape index (κ3) is 2.33. The number of aromatic nitrogens is 3. The van der Waals surface area contributed by atoms with Gasteiger partial charge in [-0.25, -0.2) is 4.39 Å². The predicted octanol–water partition coefficient (Wildman–Crippen LogP) is 1.81. The lowest BCUT2D eigenvalue weighted by Gasteiger charge is -2.03. The van der Waals surface area contributed by atoms with Crippen LogP contribution in [0.2, 0.25) is 0 Å². The molecule has 15 heavy (non-hydrogen) atoms. The number of halogens is 2. The van der Waals surface area contributed by atoms with Crippen molar-refractivity contribution in [2.45, 2.75) is 6.54 Å². The Morgan fingerprint density at radius 2 is 2.27 bits per heavy atom. The number of hydrogen-bond acceptors (Lipinski definition) is 3. The van der Waals surface area contributed by atoms with Crippen molar-refractivity contribution in [3.63, 3.8) is 0 Å². The summed E-state index contributed by atoms with van der Waals surface area (Å²) < 4.78 is 13.8. The number of rotatable bonds is 2. The van der Waals surface area contributed by atoms with E-state index in [9.17, 15) is 4.39 Å². The minimum absolute atomic E-state index is 0.284. The highest BCUT2D eigenvalue weighted by atomic mass is 79.9. The normalized spacial score (nSPS) is 10.5. The van der Waals surface area contributed by atoms with Crippen molar-refractivity contribution in [3.05, 3.63) is 40.2 Å². The SMILES string of the molecule is Nc1cnn(Cc2cc(F)ccc2Br)n1. The molecular weight excluding hydrogens is 263 g/mol. The second-order valence-corrected chi connectivity index (χ2v) is 3.89. The first kappa shape index (κ1) is 10.1. The lowest BCUT2D eigenvalue weighted by atomic mass is 10.2. The molecule has 1 aromatic heterocycles. The van der Waals surface area contributed by atoms with E-state index in [4.69, 9.17) is 5.73 Å². The van der Waals surface area contributed by atoms with Crippen LogP contribution in [0.15, 0.2) is 28.9 Å². The Balaban J connectivity index is 2.27. The largest absolute Gasteiger partial charge is 0.381 e. The lowest BCUT2D eigenvalue weighted by molar-refractivity contribution is 0.582. The number of hydrogen-bond donors (Lipinski definition) is 1. The fourth-order valence-electron chi connectivity index (χ4n) is 1.20. The zero-order valence-corrected chi connectivity index (χ0v) is 9.28. The van der Waals surface area contributed by atoms with Gasteiger partial charge in [0.25, 0.3) is 0 Å². The van der Waals surface area contributed by atoms with Gasteiger partial charge < -0.3 is 5.73 Å². The Labute approximate surface area is 94.0 Å². The van der Waals surface area contributed by atoms with Gasteiger partial charge >= 0.3 is 0 Å². The van der Waals surface area contributed by atoms with E-state index in [1.807, 2.05) is 0 Å². The van der Waals surface area contributed by atoms with E-state index in [0.29, 0.717) is 12.4 Å². The topological polar surface area (TPSA) is 56.7 Å². The molecule has 0 aliphatic rings. The molecule has 6 heteroatoms.